The van der Waals surface area contributed by atoms with Crippen LogP contribution in [0.1, 0.15) is 114 Å². The molecule has 0 saturated carbocycles. The molecular formula is C70H60N2S2. The highest BCUT2D eigenvalue weighted by molar-refractivity contribution is 7.27. The topological polar surface area (TPSA) is 8.82 Å². The summed E-state index contributed by atoms with van der Waals surface area (Å²) in [6.45, 7) is 24.9. The van der Waals surface area contributed by atoms with Gasteiger partial charge in [-0.2, -0.15) is 0 Å². The minimum absolute atomic E-state index is 0.257. The van der Waals surface area contributed by atoms with E-state index >= 15 is 0 Å². The number of thiophene rings is 2. The van der Waals surface area contributed by atoms with Crippen molar-refractivity contribution in [2.75, 3.05) is 0 Å². The minimum atomic E-state index is -0.482. The van der Waals surface area contributed by atoms with E-state index in [1.165, 1.54) is 61.9 Å². The van der Waals surface area contributed by atoms with Gasteiger partial charge in [0.25, 0.3) is 0 Å². The van der Waals surface area contributed by atoms with Crippen LogP contribution in [0.3, 0.4) is 0 Å². The Morgan fingerprint density at radius 2 is 0.689 bits per heavy atom. The molecule has 0 bridgehead atoms. The largest absolute Gasteiger partial charge is 0.308 e. The summed E-state index contributed by atoms with van der Waals surface area (Å²) in [7, 11) is 0. The Morgan fingerprint density at radius 3 is 1.05 bits per heavy atom. The zero-order chi connectivity index (χ0) is 56.1. The van der Waals surface area contributed by atoms with Gasteiger partial charge in [0.2, 0.25) is 0 Å². The second kappa shape index (κ2) is 14.4. The highest BCUT2D eigenvalue weighted by Gasteiger charge is 2.29. The van der Waals surface area contributed by atoms with E-state index < -0.39 is 21.7 Å². The van der Waals surface area contributed by atoms with Crippen LogP contribution < -0.4 is 0 Å². The van der Waals surface area contributed by atoms with E-state index in [9.17, 15) is 8.22 Å². The molecule has 0 fully saturated rings. The molecule has 0 aliphatic rings. The van der Waals surface area contributed by atoms with Crippen LogP contribution in [-0.2, 0) is 21.7 Å². The monoisotopic (exact) mass is 998 g/mol. The van der Waals surface area contributed by atoms with Crippen LogP contribution >= 0.6 is 22.7 Å². The fourth-order valence-corrected chi connectivity index (χ4v) is 14.6. The molecule has 2 nitrogen and oxygen atoms in total. The van der Waals surface area contributed by atoms with Crippen molar-refractivity contribution in [3.05, 3.63) is 168 Å². The van der Waals surface area contributed by atoms with Gasteiger partial charge in [0.05, 0.1) is 41.3 Å². The second-order valence-electron chi connectivity index (χ2n) is 25.3. The number of nitrogens with zero attached hydrogens (tertiary/aromatic N) is 2. The van der Waals surface area contributed by atoms with Gasteiger partial charge in [0, 0.05) is 83.4 Å². The van der Waals surface area contributed by atoms with Crippen LogP contribution in [0.2, 0.25) is 0 Å². The maximum atomic E-state index is 9.80. The van der Waals surface area contributed by atoms with Crippen LogP contribution in [0.4, 0.5) is 0 Å². The van der Waals surface area contributed by atoms with Crippen LogP contribution in [-0.4, -0.2) is 8.80 Å². The van der Waals surface area contributed by atoms with Gasteiger partial charge in [-0.1, -0.05) is 168 Å². The fourth-order valence-electron chi connectivity index (χ4n) is 12.1. The molecule has 6 aromatic heterocycles. The number of rotatable bonds is 2. The molecule has 0 aliphatic carbocycles. The Hall–Kier alpha value is -6.98. The van der Waals surface area contributed by atoms with E-state index in [4.69, 9.17) is 0 Å². The van der Waals surface area contributed by atoms with Crippen molar-refractivity contribution in [3.63, 3.8) is 0 Å². The van der Waals surface area contributed by atoms with Crippen molar-refractivity contribution in [1.29, 1.82) is 0 Å². The number of aromatic nitrogens is 2. The molecule has 0 N–H and O–H groups in total. The number of fused-ring (bicyclic) bond motifs is 20. The molecule has 0 amide bonds. The lowest BCUT2D eigenvalue weighted by Gasteiger charge is -2.26. The van der Waals surface area contributed by atoms with Gasteiger partial charge in [0.1, 0.15) is 0 Å². The van der Waals surface area contributed by atoms with Gasteiger partial charge in [-0.3, -0.25) is 0 Å². The molecule has 0 radical (unpaired) electrons. The van der Waals surface area contributed by atoms with Crippen LogP contribution in [0, 0.1) is 0 Å². The summed E-state index contributed by atoms with van der Waals surface area (Å²) >= 11 is 3.66. The molecule has 0 saturated heterocycles. The zero-order valence-electron chi connectivity index (χ0n) is 50.1. The summed E-state index contributed by atoms with van der Waals surface area (Å²) in [6.07, 6.45) is 0. The molecule has 0 spiro atoms. The van der Waals surface area contributed by atoms with Crippen LogP contribution in [0.15, 0.2) is 145 Å². The van der Waals surface area contributed by atoms with Crippen molar-refractivity contribution in [3.8, 4) is 22.3 Å². The van der Waals surface area contributed by atoms with Gasteiger partial charge >= 0.3 is 0 Å². The first-order valence-corrected chi connectivity index (χ1v) is 27.7. The molecule has 74 heavy (non-hydrogen) atoms. The fraction of sp³-hybridized carbons (Fsp3) is 0.229. The molecule has 362 valence electrons. The van der Waals surface area contributed by atoms with Crippen LogP contribution in [0.25, 0.3) is 139 Å². The van der Waals surface area contributed by atoms with Gasteiger partial charge in [-0.25, -0.2) is 0 Å². The second-order valence-corrected chi connectivity index (χ2v) is 27.4. The van der Waals surface area contributed by atoms with E-state index in [0.717, 1.165) is 65.8 Å². The minimum Gasteiger partial charge on any atom is -0.308 e. The van der Waals surface area contributed by atoms with E-state index in [-0.39, 0.29) is 24.2 Å². The third-order valence-electron chi connectivity index (χ3n) is 16.0. The first kappa shape index (κ1) is 38.6. The predicted octanol–water partition coefficient (Wildman–Crippen LogP) is 21.2. The molecule has 4 heteroatoms. The third-order valence-corrected chi connectivity index (χ3v) is 18.4. The molecule has 6 heterocycles. The average Bonchev–Trinajstić information content (AvgIpc) is 4.26. The Morgan fingerprint density at radius 1 is 0.324 bits per heavy atom. The molecule has 9 aromatic carbocycles. The molecule has 15 aromatic rings. The van der Waals surface area contributed by atoms with E-state index in [2.05, 4.69) is 201 Å². The molecule has 0 aliphatic heterocycles. The van der Waals surface area contributed by atoms with Crippen molar-refractivity contribution in [2.45, 2.75) is 105 Å². The summed E-state index contributed by atoms with van der Waals surface area (Å²) in [5.74, 6) is 0. The maximum absolute atomic E-state index is 9.80. The lowest BCUT2D eigenvalue weighted by atomic mass is 9.79. The average molecular weight is 999 g/mol. The Bertz CT molecular complexity index is 4880. The molecule has 15 rings (SSSR count). The summed E-state index contributed by atoms with van der Waals surface area (Å²) in [6, 6.07) is 41.9. The first-order valence-electron chi connectivity index (χ1n) is 29.1. The first-order chi connectivity index (χ1) is 37.8. The van der Waals surface area contributed by atoms with Gasteiger partial charge in [-0.15, -0.1) is 22.7 Å². The Kier molecular flexibility index (Phi) is 7.53. The van der Waals surface area contributed by atoms with E-state index in [1.54, 1.807) is 0 Å². The highest BCUT2D eigenvalue weighted by Crippen LogP contribution is 2.52. The Labute approximate surface area is 448 Å². The van der Waals surface area contributed by atoms with Crippen molar-refractivity contribution in [1.82, 2.24) is 8.80 Å². The van der Waals surface area contributed by atoms with E-state index in [1.807, 2.05) is 22.7 Å². The number of hydrogen-bond acceptors (Lipinski definition) is 2. The SMILES string of the molecule is [2H]c1c(-c2ccc3c(c2)c2c4sc5ccccc5c4cc4c5cc6c(cc5n3c42)c2cc3c4ccccc4sc3c3c4cc(-c5c([2H])c(C(C)(C)C)c([2H])c(C(C)(C)C)c5[2H])ccc4n6c23)c([2H])c(C(C)(C)C)c([2H])c1C(C)(C)C. The Balaban J connectivity index is 1.08. The normalized spacial score (nSPS) is 14.8. The molecule has 0 unspecified atom stereocenters. The van der Waals surface area contributed by atoms with Gasteiger partial charge < -0.3 is 8.80 Å². The van der Waals surface area contributed by atoms with Crippen molar-refractivity contribution in [2.24, 2.45) is 0 Å². The zero-order valence-corrected chi connectivity index (χ0v) is 45.7. The quantitative estimate of drug-likeness (QED) is 0.163. The van der Waals surface area contributed by atoms with Crippen LogP contribution in [0.5, 0.6) is 0 Å². The summed E-state index contributed by atoms with van der Waals surface area (Å²) in [4.78, 5) is 0. The third kappa shape index (κ3) is 6.10. The van der Waals surface area contributed by atoms with Gasteiger partial charge in [-0.05, 0) is 127 Å². The number of benzene rings is 9. The van der Waals surface area contributed by atoms with Crippen molar-refractivity contribution < 1.29 is 8.22 Å². The predicted molar refractivity (Wildman–Crippen MR) is 327 cm³/mol. The van der Waals surface area contributed by atoms with E-state index in [0.29, 0.717) is 45.5 Å². The number of hydrogen-bond donors (Lipinski definition) is 0. The summed E-state index contributed by atoms with van der Waals surface area (Å²) in [5, 5.41) is 14.0. The maximum Gasteiger partial charge on any atom is 0.0635 e. The smallest absolute Gasteiger partial charge is 0.0635 e. The molecule has 0 atom stereocenters. The van der Waals surface area contributed by atoms with Gasteiger partial charge in [0.15, 0.2) is 0 Å². The lowest BCUT2D eigenvalue weighted by Crippen LogP contribution is -2.16. The molecular weight excluding hydrogens is 933 g/mol. The summed E-state index contributed by atoms with van der Waals surface area (Å²) < 4.78 is 68.0. The lowest BCUT2D eigenvalue weighted by molar-refractivity contribution is 0.568. The van der Waals surface area contributed by atoms with Crippen molar-refractivity contribution >= 4 is 139 Å². The standard InChI is InChI=1S/C70H60N2S2/c1-67(2,3)41-25-39(26-42(31-41)68(4,5)6)37-21-23-55-53(29-37)61-63-49(33-51-45-17-13-15-19-59(45)73-65(51)61)47-36-58-48(35-57(47)71(55)63)50-34-52-46-18-14-16-20-60(46)74-66(52)62-54-30-38(22-24-56(54)72(58)64(50)62)40-27-43(69(7,8)9)32-44(28-40)70(10,11)12/h13-36H,1-12H3/i25D,26D,27D,28D,31D,32D. The summed E-state index contributed by atoms with van der Waals surface area (Å²) in [5.41, 5.74) is 10.2. The highest BCUT2D eigenvalue weighted by atomic mass is 32.1.